The Morgan fingerprint density at radius 1 is 1.22 bits per heavy atom. The number of carbonyl (C=O) groups excluding carboxylic acids is 1. The second-order valence-electron chi connectivity index (χ2n) is 6.03. The minimum atomic E-state index is -0.674. The molecule has 1 aliphatic carbocycles. The number of carbonyl (C=O) groups is 1. The van der Waals surface area contributed by atoms with Gasteiger partial charge in [-0.1, -0.05) is 12.1 Å². The summed E-state index contributed by atoms with van der Waals surface area (Å²) < 4.78 is 6.86. The average Bonchev–Trinajstić information content (AvgIpc) is 2.96. The second-order valence-corrected chi connectivity index (χ2v) is 6.03. The Kier molecular flexibility index (Phi) is 4.50. The van der Waals surface area contributed by atoms with Crippen LogP contribution in [0.5, 0.6) is 0 Å². The van der Waals surface area contributed by atoms with E-state index in [0.29, 0.717) is 6.04 Å². The van der Waals surface area contributed by atoms with Gasteiger partial charge in [0.25, 0.3) is 0 Å². The Balaban J connectivity index is 1.54. The number of nitrogens with zero attached hydrogens (tertiary/aromatic N) is 2. The summed E-state index contributed by atoms with van der Waals surface area (Å²) in [6, 6.07) is 8.79. The first-order valence-electron chi connectivity index (χ1n) is 7.92. The molecule has 1 aliphatic rings. The molecule has 1 fully saturated rings. The third kappa shape index (κ3) is 4.03. The van der Waals surface area contributed by atoms with Crippen molar-refractivity contribution in [3.63, 3.8) is 0 Å². The number of primary amides is 1. The van der Waals surface area contributed by atoms with Gasteiger partial charge in [0.05, 0.1) is 6.20 Å². The third-order valence-electron chi connectivity index (χ3n) is 4.25. The van der Waals surface area contributed by atoms with E-state index >= 15 is 0 Å². The predicted octanol–water partition coefficient (Wildman–Crippen LogP) is 2.91. The Hall–Kier alpha value is -2.50. The molecule has 6 nitrogen and oxygen atoms in total. The fraction of sp³-hybridized carbons (Fsp3) is 0.412. The number of amides is 1. The Bertz CT molecular complexity index is 657. The highest BCUT2D eigenvalue weighted by atomic mass is 16.6. The number of benzene rings is 1. The molecule has 3 N–H and O–H groups in total. The van der Waals surface area contributed by atoms with Crippen molar-refractivity contribution < 1.29 is 9.53 Å². The zero-order chi connectivity index (χ0) is 16.2. The van der Waals surface area contributed by atoms with Crippen LogP contribution in [0.25, 0.3) is 11.1 Å². The predicted molar refractivity (Wildman–Crippen MR) is 89.0 cm³/mol. The first kappa shape index (κ1) is 15.4. The van der Waals surface area contributed by atoms with Crippen molar-refractivity contribution in [2.24, 2.45) is 12.8 Å². The molecular weight excluding hydrogens is 292 g/mol. The van der Waals surface area contributed by atoms with Crippen molar-refractivity contribution in [3.8, 4) is 11.1 Å². The van der Waals surface area contributed by atoms with Crippen LogP contribution in [0.4, 0.5) is 10.5 Å². The molecule has 1 aromatic heterocycles. The molecule has 1 heterocycles. The summed E-state index contributed by atoms with van der Waals surface area (Å²) in [5, 5.41) is 7.74. The molecule has 0 unspecified atom stereocenters. The number of ether oxygens (including phenoxy) is 1. The van der Waals surface area contributed by atoms with Gasteiger partial charge in [-0.2, -0.15) is 5.10 Å². The fourth-order valence-corrected chi connectivity index (χ4v) is 3.05. The van der Waals surface area contributed by atoms with Gasteiger partial charge >= 0.3 is 6.09 Å². The summed E-state index contributed by atoms with van der Waals surface area (Å²) in [5.74, 6) is 0. The normalized spacial score (nSPS) is 20.9. The van der Waals surface area contributed by atoms with Crippen LogP contribution in [0, 0.1) is 0 Å². The molecule has 0 bridgehead atoms. The van der Waals surface area contributed by atoms with Gasteiger partial charge in [-0.05, 0) is 43.4 Å². The van der Waals surface area contributed by atoms with Crippen molar-refractivity contribution in [2.75, 3.05) is 5.32 Å². The standard InChI is InChI=1S/C17H22N4O2/c1-21-11-13(10-19-21)12-2-4-14(5-3-12)20-15-6-8-16(9-7-15)23-17(18)22/h2-5,10-11,15-16,20H,6-9H2,1H3,(H2,18,22)/t15-,16-. The van der Waals surface area contributed by atoms with E-state index in [-0.39, 0.29) is 6.10 Å². The lowest BCUT2D eigenvalue weighted by molar-refractivity contribution is 0.0806. The number of hydrogen-bond acceptors (Lipinski definition) is 4. The van der Waals surface area contributed by atoms with Crippen LogP contribution in [-0.2, 0) is 11.8 Å². The topological polar surface area (TPSA) is 82.2 Å². The van der Waals surface area contributed by atoms with Crippen molar-refractivity contribution in [2.45, 2.75) is 37.8 Å². The first-order valence-corrected chi connectivity index (χ1v) is 7.92. The number of hydrogen-bond donors (Lipinski definition) is 2. The molecule has 0 aliphatic heterocycles. The smallest absolute Gasteiger partial charge is 0.404 e. The molecular formula is C17H22N4O2. The molecule has 0 spiro atoms. The highest BCUT2D eigenvalue weighted by Crippen LogP contribution is 2.26. The summed E-state index contributed by atoms with van der Waals surface area (Å²) in [7, 11) is 1.91. The molecule has 0 saturated heterocycles. The zero-order valence-electron chi connectivity index (χ0n) is 13.2. The van der Waals surface area contributed by atoms with Crippen molar-refractivity contribution in [3.05, 3.63) is 36.7 Å². The van der Waals surface area contributed by atoms with Gasteiger partial charge in [0.1, 0.15) is 6.10 Å². The highest BCUT2D eigenvalue weighted by molar-refractivity contribution is 5.65. The van der Waals surface area contributed by atoms with Gasteiger partial charge in [0.2, 0.25) is 0 Å². The van der Waals surface area contributed by atoms with Crippen LogP contribution in [0.15, 0.2) is 36.7 Å². The number of anilines is 1. The number of rotatable bonds is 4. The van der Waals surface area contributed by atoms with Crippen molar-refractivity contribution >= 4 is 11.8 Å². The second kappa shape index (κ2) is 6.73. The lowest BCUT2D eigenvalue weighted by atomic mass is 9.92. The largest absolute Gasteiger partial charge is 0.446 e. The van der Waals surface area contributed by atoms with Crippen molar-refractivity contribution in [1.29, 1.82) is 0 Å². The molecule has 0 radical (unpaired) electrons. The monoisotopic (exact) mass is 314 g/mol. The average molecular weight is 314 g/mol. The maximum atomic E-state index is 10.8. The van der Waals surface area contributed by atoms with E-state index in [1.54, 1.807) is 4.68 Å². The molecule has 2 aromatic rings. The van der Waals surface area contributed by atoms with Gasteiger partial charge in [-0.15, -0.1) is 0 Å². The number of aromatic nitrogens is 2. The molecule has 1 amide bonds. The molecule has 122 valence electrons. The van der Waals surface area contributed by atoms with Gasteiger partial charge in [-0.3, -0.25) is 4.68 Å². The molecule has 6 heteroatoms. The maximum absolute atomic E-state index is 10.8. The van der Waals surface area contributed by atoms with Crippen LogP contribution in [0.1, 0.15) is 25.7 Å². The highest BCUT2D eigenvalue weighted by Gasteiger charge is 2.23. The summed E-state index contributed by atoms with van der Waals surface area (Å²) in [4.78, 5) is 10.8. The van der Waals surface area contributed by atoms with Crippen LogP contribution in [0.2, 0.25) is 0 Å². The van der Waals surface area contributed by atoms with Gasteiger partial charge in [0.15, 0.2) is 0 Å². The van der Waals surface area contributed by atoms with Gasteiger partial charge < -0.3 is 15.8 Å². The minimum absolute atomic E-state index is 0.0292. The van der Waals surface area contributed by atoms with E-state index < -0.39 is 6.09 Å². The third-order valence-corrected chi connectivity index (χ3v) is 4.25. The Labute approximate surface area is 135 Å². The lowest BCUT2D eigenvalue weighted by Gasteiger charge is -2.29. The molecule has 3 rings (SSSR count). The molecule has 23 heavy (non-hydrogen) atoms. The Morgan fingerprint density at radius 2 is 1.91 bits per heavy atom. The lowest BCUT2D eigenvalue weighted by Crippen LogP contribution is -2.32. The van der Waals surface area contributed by atoms with E-state index in [2.05, 4.69) is 34.7 Å². The quantitative estimate of drug-likeness (QED) is 0.909. The van der Waals surface area contributed by atoms with Gasteiger partial charge in [-0.25, -0.2) is 4.79 Å². The van der Waals surface area contributed by atoms with Crippen LogP contribution >= 0.6 is 0 Å². The summed E-state index contributed by atoms with van der Waals surface area (Å²) in [6.07, 6.45) is 6.82. The summed E-state index contributed by atoms with van der Waals surface area (Å²) >= 11 is 0. The van der Waals surface area contributed by atoms with E-state index in [0.717, 1.165) is 42.5 Å². The molecule has 1 aromatic carbocycles. The van der Waals surface area contributed by atoms with E-state index in [1.165, 1.54) is 0 Å². The Morgan fingerprint density at radius 3 is 2.48 bits per heavy atom. The maximum Gasteiger partial charge on any atom is 0.404 e. The number of nitrogens with two attached hydrogens (primary N) is 1. The fourth-order valence-electron chi connectivity index (χ4n) is 3.05. The van der Waals surface area contributed by atoms with E-state index in [4.69, 9.17) is 10.5 Å². The van der Waals surface area contributed by atoms with Crippen molar-refractivity contribution in [1.82, 2.24) is 9.78 Å². The van der Waals surface area contributed by atoms with Crippen LogP contribution in [-0.4, -0.2) is 28.0 Å². The number of nitrogens with one attached hydrogen (secondary N) is 1. The SMILES string of the molecule is Cn1cc(-c2ccc(N[C@H]3CC[C@H](OC(N)=O)CC3)cc2)cn1. The minimum Gasteiger partial charge on any atom is -0.446 e. The van der Waals surface area contributed by atoms with Crippen LogP contribution < -0.4 is 11.1 Å². The van der Waals surface area contributed by atoms with Crippen LogP contribution in [0.3, 0.4) is 0 Å². The molecule has 1 saturated carbocycles. The van der Waals surface area contributed by atoms with Gasteiger partial charge in [0, 0.05) is 30.5 Å². The number of aryl methyl sites for hydroxylation is 1. The van der Waals surface area contributed by atoms with E-state index in [9.17, 15) is 4.79 Å². The molecule has 0 atom stereocenters. The van der Waals surface area contributed by atoms with E-state index in [1.807, 2.05) is 19.4 Å². The summed E-state index contributed by atoms with van der Waals surface area (Å²) in [5.41, 5.74) is 8.44. The zero-order valence-corrected chi connectivity index (χ0v) is 13.2. The first-order chi connectivity index (χ1) is 11.1. The summed E-state index contributed by atoms with van der Waals surface area (Å²) in [6.45, 7) is 0.